The van der Waals surface area contributed by atoms with E-state index in [4.69, 9.17) is 15.2 Å². The zero-order chi connectivity index (χ0) is 8.55. The van der Waals surface area contributed by atoms with Crippen molar-refractivity contribution < 1.29 is 9.47 Å². The highest BCUT2D eigenvalue weighted by atomic mass is 79.9. The largest absolute Gasteiger partial charge is 0.465 e. The van der Waals surface area contributed by atoms with Gasteiger partial charge in [-0.15, -0.1) is 0 Å². The van der Waals surface area contributed by atoms with Crippen molar-refractivity contribution in [1.29, 1.82) is 0 Å². The molecule has 0 spiro atoms. The van der Waals surface area contributed by atoms with Crippen molar-refractivity contribution in [3.05, 3.63) is 22.2 Å². The molecule has 0 unspecified atom stereocenters. The van der Waals surface area contributed by atoms with E-state index in [2.05, 4.69) is 15.9 Å². The quantitative estimate of drug-likeness (QED) is 0.692. The Balaban J connectivity index is 2.53. The van der Waals surface area contributed by atoms with Gasteiger partial charge in [0.2, 0.25) is 0 Å². The molecule has 2 rings (SSSR count). The van der Waals surface area contributed by atoms with Crippen molar-refractivity contribution in [2.45, 2.75) is 6.61 Å². The molecule has 1 aromatic carbocycles. The first-order chi connectivity index (χ1) is 5.77. The number of halogens is 1. The third-order valence-corrected chi connectivity index (χ3v) is 2.16. The van der Waals surface area contributed by atoms with Crippen molar-refractivity contribution in [3.63, 3.8) is 0 Å². The Morgan fingerprint density at radius 2 is 2.25 bits per heavy atom. The van der Waals surface area contributed by atoms with Gasteiger partial charge in [-0.1, -0.05) is 15.9 Å². The Kier molecular flexibility index (Phi) is 1.94. The van der Waals surface area contributed by atoms with Crippen LogP contribution in [0.3, 0.4) is 0 Å². The lowest BCUT2D eigenvalue weighted by Crippen LogP contribution is -2.12. The van der Waals surface area contributed by atoms with Crippen molar-refractivity contribution >= 4 is 21.6 Å². The summed E-state index contributed by atoms with van der Waals surface area (Å²) in [5, 5.41) is 0. The Bertz CT molecular complexity index is 314. The van der Waals surface area contributed by atoms with E-state index in [1.807, 2.05) is 12.1 Å². The lowest BCUT2D eigenvalue weighted by atomic mass is 10.2. The minimum atomic E-state index is 0.291. The molecule has 0 aliphatic carbocycles. The second kappa shape index (κ2) is 2.95. The van der Waals surface area contributed by atoms with Gasteiger partial charge < -0.3 is 15.2 Å². The third kappa shape index (κ3) is 1.28. The lowest BCUT2D eigenvalue weighted by Gasteiger charge is -2.19. The van der Waals surface area contributed by atoms with Crippen LogP contribution in [0.15, 0.2) is 16.6 Å². The topological polar surface area (TPSA) is 44.5 Å². The molecule has 0 bridgehead atoms. The SMILES string of the molecule is Nc1cc(Br)cc2c1OCOC2. The van der Waals surface area contributed by atoms with Crippen LogP contribution in [0.1, 0.15) is 5.56 Å². The van der Waals surface area contributed by atoms with Gasteiger partial charge in [0, 0.05) is 10.0 Å². The number of hydrogen-bond donors (Lipinski definition) is 1. The van der Waals surface area contributed by atoms with E-state index in [9.17, 15) is 0 Å². The summed E-state index contributed by atoms with van der Waals surface area (Å²) in [4.78, 5) is 0. The zero-order valence-electron chi connectivity index (χ0n) is 6.34. The first-order valence-electron chi connectivity index (χ1n) is 3.56. The molecule has 1 aromatic rings. The summed E-state index contributed by atoms with van der Waals surface area (Å²) in [5.41, 5.74) is 7.38. The molecule has 12 heavy (non-hydrogen) atoms. The molecule has 1 heterocycles. The van der Waals surface area contributed by atoms with E-state index in [1.165, 1.54) is 0 Å². The lowest BCUT2D eigenvalue weighted by molar-refractivity contribution is -0.0158. The number of anilines is 1. The van der Waals surface area contributed by atoms with Gasteiger partial charge in [0.15, 0.2) is 12.5 Å². The number of benzene rings is 1. The van der Waals surface area contributed by atoms with Crippen LogP contribution >= 0.6 is 15.9 Å². The molecule has 0 saturated heterocycles. The van der Waals surface area contributed by atoms with Gasteiger partial charge in [0.25, 0.3) is 0 Å². The van der Waals surface area contributed by atoms with Crippen LogP contribution in [0.2, 0.25) is 0 Å². The van der Waals surface area contributed by atoms with Gasteiger partial charge in [0.05, 0.1) is 12.3 Å². The maximum Gasteiger partial charge on any atom is 0.189 e. The van der Waals surface area contributed by atoms with Crippen molar-refractivity contribution in [3.8, 4) is 5.75 Å². The van der Waals surface area contributed by atoms with Gasteiger partial charge in [-0.2, -0.15) is 0 Å². The maximum absolute atomic E-state index is 5.73. The highest BCUT2D eigenvalue weighted by Gasteiger charge is 2.13. The van der Waals surface area contributed by atoms with E-state index < -0.39 is 0 Å². The molecule has 0 radical (unpaired) electrons. The van der Waals surface area contributed by atoms with Crippen LogP contribution in [0, 0.1) is 0 Å². The number of fused-ring (bicyclic) bond motifs is 1. The number of nitrogens with two attached hydrogens (primary N) is 1. The van der Waals surface area contributed by atoms with E-state index in [0.29, 0.717) is 19.1 Å². The van der Waals surface area contributed by atoms with Gasteiger partial charge in [0.1, 0.15) is 0 Å². The normalized spacial score (nSPS) is 15.1. The standard InChI is InChI=1S/C8H8BrNO2/c9-6-1-5-3-11-4-12-8(5)7(10)2-6/h1-2H,3-4,10H2. The summed E-state index contributed by atoms with van der Waals surface area (Å²) in [7, 11) is 0. The fourth-order valence-electron chi connectivity index (χ4n) is 1.21. The summed E-state index contributed by atoms with van der Waals surface area (Å²) in [5.74, 6) is 0.754. The average Bonchev–Trinajstić information content (AvgIpc) is 2.04. The van der Waals surface area contributed by atoms with Crippen LogP contribution < -0.4 is 10.5 Å². The molecule has 1 aliphatic heterocycles. The second-order valence-electron chi connectivity index (χ2n) is 2.59. The maximum atomic E-state index is 5.73. The van der Waals surface area contributed by atoms with Crippen molar-refractivity contribution in [2.75, 3.05) is 12.5 Å². The van der Waals surface area contributed by atoms with E-state index >= 15 is 0 Å². The predicted octanol–water partition coefficient (Wildman–Crippen LogP) is 1.90. The first-order valence-corrected chi connectivity index (χ1v) is 4.35. The van der Waals surface area contributed by atoms with Crippen LogP contribution in [-0.2, 0) is 11.3 Å². The monoisotopic (exact) mass is 229 g/mol. The Morgan fingerprint density at radius 3 is 3.08 bits per heavy atom. The summed E-state index contributed by atoms with van der Waals surface area (Å²) >= 11 is 3.35. The van der Waals surface area contributed by atoms with Gasteiger partial charge in [-0.05, 0) is 12.1 Å². The summed E-state index contributed by atoms with van der Waals surface area (Å²) in [6.45, 7) is 0.859. The molecule has 0 amide bonds. The molecule has 0 saturated carbocycles. The number of ether oxygens (including phenoxy) is 2. The fourth-order valence-corrected chi connectivity index (χ4v) is 1.73. The Morgan fingerprint density at radius 1 is 1.42 bits per heavy atom. The molecule has 64 valence electrons. The van der Waals surface area contributed by atoms with Crippen molar-refractivity contribution in [2.24, 2.45) is 0 Å². The molecule has 3 nitrogen and oxygen atoms in total. The Hall–Kier alpha value is -0.740. The van der Waals surface area contributed by atoms with E-state index in [-0.39, 0.29) is 0 Å². The van der Waals surface area contributed by atoms with Crippen LogP contribution in [0.25, 0.3) is 0 Å². The molecule has 0 aromatic heterocycles. The molecule has 2 N–H and O–H groups in total. The molecule has 1 aliphatic rings. The smallest absolute Gasteiger partial charge is 0.189 e. The molecular weight excluding hydrogens is 222 g/mol. The van der Waals surface area contributed by atoms with Crippen LogP contribution in [0.5, 0.6) is 5.75 Å². The minimum Gasteiger partial charge on any atom is -0.465 e. The van der Waals surface area contributed by atoms with Gasteiger partial charge in [-0.25, -0.2) is 0 Å². The first kappa shape index (κ1) is 7.89. The summed E-state index contributed by atoms with van der Waals surface area (Å²) in [6.07, 6.45) is 0. The number of rotatable bonds is 0. The minimum absolute atomic E-state index is 0.291. The van der Waals surface area contributed by atoms with Crippen LogP contribution in [-0.4, -0.2) is 6.79 Å². The zero-order valence-corrected chi connectivity index (χ0v) is 7.93. The molecular formula is C8H8BrNO2. The van der Waals surface area contributed by atoms with E-state index in [1.54, 1.807) is 0 Å². The summed E-state index contributed by atoms with van der Waals surface area (Å²) in [6, 6.07) is 3.77. The number of nitrogen functional groups attached to an aromatic ring is 1. The van der Waals surface area contributed by atoms with E-state index in [0.717, 1.165) is 15.8 Å². The Labute approximate surface area is 78.6 Å². The second-order valence-corrected chi connectivity index (χ2v) is 3.51. The predicted molar refractivity (Wildman–Crippen MR) is 48.8 cm³/mol. The molecule has 0 atom stereocenters. The third-order valence-electron chi connectivity index (χ3n) is 1.70. The highest BCUT2D eigenvalue weighted by Crippen LogP contribution is 2.33. The van der Waals surface area contributed by atoms with Gasteiger partial charge in [-0.3, -0.25) is 0 Å². The molecule has 0 fully saturated rings. The fraction of sp³-hybridized carbons (Fsp3) is 0.250. The summed E-state index contributed by atoms with van der Waals surface area (Å²) < 4.78 is 11.3. The highest BCUT2D eigenvalue weighted by molar-refractivity contribution is 9.10. The van der Waals surface area contributed by atoms with Crippen LogP contribution in [0.4, 0.5) is 5.69 Å². The average molecular weight is 230 g/mol. The molecule has 4 heteroatoms. The number of hydrogen-bond acceptors (Lipinski definition) is 3. The van der Waals surface area contributed by atoms with Crippen molar-refractivity contribution in [1.82, 2.24) is 0 Å². The van der Waals surface area contributed by atoms with Gasteiger partial charge >= 0.3 is 0 Å².